The van der Waals surface area contributed by atoms with Crippen molar-refractivity contribution in [2.24, 2.45) is 0 Å². The average molecular weight is 374 g/mol. The number of alkyl carbamates (subject to hydrolysis) is 1. The Morgan fingerprint density at radius 3 is 2.54 bits per heavy atom. The number of thioether (sulfide) groups is 1. The number of hydrogen-bond donors (Lipinski definition) is 2. The molecule has 8 heteroatoms. The Kier molecular flexibility index (Phi) is 8.02. The molecule has 1 aromatic heterocycles. The molecule has 24 heavy (non-hydrogen) atoms. The van der Waals surface area contributed by atoms with Gasteiger partial charge in [0.15, 0.2) is 5.13 Å². The highest BCUT2D eigenvalue weighted by atomic mass is 32.2. The number of ether oxygens (including phenoxy) is 1. The molecule has 0 fully saturated rings. The number of amides is 2. The van der Waals surface area contributed by atoms with Gasteiger partial charge in [0.25, 0.3) is 0 Å². The summed E-state index contributed by atoms with van der Waals surface area (Å²) in [5, 5.41) is 5.98. The number of nitrogens with one attached hydrogen (secondary N) is 2. The number of thiazole rings is 1. The van der Waals surface area contributed by atoms with Crippen molar-refractivity contribution < 1.29 is 14.3 Å². The van der Waals surface area contributed by atoms with E-state index in [1.54, 1.807) is 38.7 Å². The van der Waals surface area contributed by atoms with Crippen molar-refractivity contribution in [1.82, 2.24) is 10.3 Å². The summed E-state index contributed by atoms with van der Waals surface area (Å²) in [7, 11) is 0. The molecule has 1 aromatic rings. The number of carbonyl (C=O) groups excluding carboxylic acids is 2. The summed E-state index contributed by atoms with van der Waals surface area (Å²) in [5.41, 5.74) is -0.605. The number of anilines is 1. The van der Waals surface area contributed by atoms with Gasteiger partial charge in [-0.1, -0.05) is 13.8 Å². The van der Waals surface area contributed by atoms with Crippen LogP contribution in [0, 0.1) is 0 Å². The quantitative estimate of drug-likeness (QED) is 0.759. The lowest BCUT2D eigenvalue weighted by molar-refractivity contribution is -0.118. The Hall–Kier alpha value is -1.28. The lowest BCUT2D eigenvalue weighted by Gasteiger charge is -2.23. The van der Waals surface area contributed by atoms with Crippen LogP contribution in [0.25, 0.3) is 0 Å². The van der Waals surface area contributed by atoms with E-state index in [0.717, 1.165) is 10.6 Å². The monoisotopic (exact) mass is 373 g/mol. The second-order valence-corrected chi connectivity index (χ2v) is 8.74. The maximum atomic E-state index is 12.5. The maximum Gasteiger partial charge on any atom is 0.408 e. The molecule has 0 aromatic carbocycles. The van der Waals surface area contributed by atoms with Crippen LogP contribution in [0.15, 0.2) is 6.20 Å². The molecule has 6 nitrogen and oxygen atoms in total. The van der Waals surface area contributed by atoms with E-state index < -0.39 is 17.7 Å². The third kappa shape index (κ3) is 7.53. The molecular weight excluding hydrogens is 346 g/mol. The number of rotatable bonds is 7. The van der Waals surface area contributed by atoms with E-state index in [9.17, 15) is 9.59 Å². The molecule has 0 saturated heterocycles. The minimum atomic E-state index is -0.654. The van der Waals surface area contributed by atoms with Crippen molar-refractivity contribution in [2.45, 2.75) is 58.6 Å². The van der Waals surface area contributed by atoms with Crippen LogP contribution in [0.1, 0.15) is 51.8 Å². The van der Waals surface area contributed by atoms with Crippen LogP contribution in [-0.4, -0.2) is 40.6 Å². The third-order valence-electron chi connectivity index (χ3n) is 2.94. The van der Waals surface area contributed by atoms with Gasteiger partial charge in [0, 0.05) is 11.1 Å². The maximum absolute atomic E-state index is 12.5. The molecule has 136 valence electrons. The van der Waals surface area contributed by atoms with Gasteiger partial charge in [-0.3, -0.25) is 4.79 Å². The Morgan fingerprint density at radius 2 is 2.04 bits per heavy atom. The lowest BCUT2D eigenvalue weighted by atomic mass is 10.2. The molecular formula is C16H27N3O3S2. The van der Waals surface area contributed by atoms with Gasteiger partial charge in [0.1, 0.15) is 11.6 Å². The van der Waals surface area contributed by atoms with E-state index >= 15 is 0 Å². The summed E-state index contributed by atoms with van der Waals surface area (Å²) in [6.07, 6.45) is 3.65. The summed E-state index contributed by atoms with van der Waals surface area (Å²) in [6.45, 7) is 9.50. The molecule has 1 atom stereocenters. The zero-order valence-corrected chi connectivity index (χ0v) is 16.8. The Labute approximate surface area is 152 Å². The van der Waals surface area contributed by atoms with E-state index in [2.05, 4.69) is 29.5 Å². The molecule has 0 aliphatic heterocycles. The Morgan fingerprint density at radius 1 is 1.38 bits per heavy atom. The van der Waals surface area contributed by atoms with E-state index in [-0.39, 0.29) is 5.91 Å². The summed E-state index contributed by atoms with van der Waals surface area (Å²) < 4.78 is 5.23. The second-order valence-electron chi connectivity index (χ2n) is 6.69. The SMILES string of the molecule is CSCC[C@H](NC(=O)OC(C)(C)C)C(=O)Nc1ncc(C(C)C)s1. The number of nitrogens with zero attached hydrogens (tertiary/aromatic N) is 1. The van der Waals surface area contributed by atoms with Gasteiger partial charge < -0.3 is 15.4 Å². The molecule has 1 heterocycles. The topological polar surface area (TPSA) is 80.3 Å². The first-order valence-corrected chi connectivity index (χ1v) is 10.1. The van der Waals surface area contributed by atoms with Crippen LogP contribution in [-0.2, 0) is 9.53 Å². The molecule has 0 spiro atoms. The molecule has 0 aliphatic carbocycles. The van der Waals surface area contributed by atoms with Gasteiger partial charge in [-0.05, 0) is 45.1 Å². The second kappa shape index (κ2) is 9.27. The van der Waals surface area contributed by atoms with E-state index in [4.69, 9.17) is 4.74 Å². The smallest absolute Gasteiger partial charge is 0.408 e. The van der Waals surface area contributed by atoms with Crippen LogP contribution in [0.4, 0.5) is 9.93 Å². The highest BCUT2D eigenvalue weighted by molar-refractivity contribution is 7.98. The number of carbonyl (C=O) groups is 2. The first-order chi connectivity index (χ1) is 11.1. The largest absolute Gasteiger partial charge is 0.444 e. The third-order valence-corrected chi connectivity index (χ3v) is 4.80. The van der Waals surface area contributed by atoms with E-state index in [1.165, 1.54) is 11.3 Å². The van der Waals surface area contributed by atoms with Gasteiger partial charge >= 0.3 is 6.09 Å². The van der Waals surface area contributed by atoms with Crippen LogP contribution < -0.4 is 10.6 Å². The van der Waals surface area contributed by atoms with E-state index in [0.29, 0.717) is 17.5 Å². The first kappa shape index (κ1) is 20.8. The highest BCUT2D eigenvalue weighted by Crippen LogP contribution is 2.25. The van der Waals surface area contributed by atoms with Crippen molar-refractivity contribution in [3.05, 3.63) is 11.1 Å². The van der Waals surface area contributed by atoms with Crippen LogP contribution in [0.5, 0.6) is 0 Å². The molecule has 0 unspecified atom stereocenters. The first-order valence-electron chi connectivity index (χ1n) is 7.87. The lowest BCUT2D eigenvalue weighted by Crippen LogP contribution is -2.46. The van der Waals surface area contributed by atoms with E-state index in [1.807, 2.05) is 6.26 Å². The van der Waals surface area contributed by atoms with Gasteiger partial charge in [-0.25, -0.2) is 9.78 Å². The van der Waals surface area contributed by atoms with Gasteiger partial charge in [-0.2, -0.15) is 11.8 Å². The molecule has 1 rings (SSSR count). The van der Waals surface area contributed by atoms with Crippen molar-refractivity contribution in [3.8, 4) is 0 Å². The average Bonchev–Trinajstić information content (AvgIpc) is 2.90. The van der Waals surface area contributed by atoms with Crippen LogP contribution in [0.3, 0.4) is 0 Å². The van der Waals surface area contributed by atoms with Gasteiger partial charge in [0.2, 0.25) is 5.91 Å². The molecule has 0 radical (unpaired) electrons. The summed E-state index contributed by atoms with van der Waals surface area (Å²) in [6, 6.07) is -0.654. The predicted octanol–water partition coefficient (Wildman–Crippen LogP) is 3.85. The fourth-order valence-electron chi connectivity index (χ4n) is 1.76. The summed E-state index contributed by atoms with van der Waals surface area (Å²) in [4.78, 5) is 29.7. The zero-order valence-electron chi connectivity index (χ0n) is 15.1. The summed E-state index contributed by atoms with van der Waals surface area (Å²) in [5.74, 6) is 0.836. The van der Waals surface area contributed by atoms with Crippen molar-refractivity contribution in [1.29, 1.82) is 0 Å². The number of aromatic nitrogens is 1. The van der Waals surface area contributed by atoms with Crippen LogP contribution in [0.2, 0.25) is 0 Å². The minimum absolute atomic E-state index is 0.278. The highest BCUT2D eigenvalue weighted by Gasteiger charge is 2.24. The van der Waals surface area contributed by atoms with Crippen molar-refractivity contribution in [2.75, 3.05) is 17.3 Å². The van der Waals surface area contributed by atoms with Gasteiger partial charge in [0.05, 0.1) is 0 Å². The predicted molar refractivity (Wildman–Crippen MR) is 101 cm³/mol. The molecule has 2 amide bonds. The summed E-state index contributed by atoms with van der Waals surface area (Å²) >= 11 is 3.06. The zero-order chi connectivity index (χ0) is 18.3. The normalized spacial score (nSPS) is 12.8. The molecule has 0 aliphatic rings. The Balaban J connectivity index is 2.71. The minimum Gasteiger partial charge on any atom is -0.444 e. The molecule has 0 saturated carbocycles. The fraction of sp³-hybridized carbons (Fsp3) is 0.688. The molecule has 2 N–H and O–H groups in total. The van der Waals surface area contributed by atoms with Crippen molar-refractivity contribution >= 4 is 40.2 Å². The number of hydrogen-bond acceptors (Lipinski definition) is 6. The standard InChI is InChI=1S/C16H27N3O3S2/c1-10(2)12-9-17-14(24-12)19-13(20)11(7-8-23-6)18-15(21)22-16(3,4)5/h9-11H,7-8H2,1-6H3,(H,18,21)(H,17,19,20)/t11-/m0/s1. The van der Waals surface area contributed by atoms with Crippen LogP contribution >= 0.6 is 23.1 Å². The fourth-order valence-corrected chi connectivity index (χ4v) is 3.05. The Bertz CT molecular complexity index is 553. The van der Waals surface area contributed by atoms with Gasteiger partial charge in [-0.15, -0.1) is 11.3 Å². The van der Waals surface area contributed by atoms with Crippen molar-refractivity contribution in [3.63, 3.8) is 0 Å². The molecule has 0 bridgehead atoms.